The van der Waals surface area contributed by atoms with Gasteiger partial charge in [-0.05, 0) is 17.6 Å². The van der Waals surface area contributed by atoms with Gasteiger partial charge < -0.3 is 24.6 Å². The fourth-order valence-electron chi connectivity index (χ4n) is 4.31. The lowest BCUT2D eigenvalue weighted by Crippen LogP contribution is -2.40. The van der Waals surface area contributed by atoms with Crippen molar-refractivity contribution in [1.29, 1.82) is 0 Å². The molecule has 0 bridgehead atoms. The minimum atomic E-state index is -0.345. The van der Waals surface area contributed by atoms with Gasteiger partial charge in [0.1, 0.15) is 5.69 Å². The number of nitrogens with one attached hydrogen (secondary N) is 1. The summed E-state index contributed by atoms with van der Waals surface area (Å²) in [6.45, 7) is 5.84. The molecule has 2 fully saturated rings. The van der Waals surface area contributed by atoms with Crippen molar-refractivity contribution >= 4 is 17.3 Å². The van der Waals surface area contributed by atoms with Crippen LogP contribution >= 0.6 is 0 Å². The molecule has 3 aliphatic rings. The van der Waals surface area contributed by atoms with Crippen LogP contribution in [-0.4, -0.2) is 69.1 Å². The monoisotopic (exact) mass is 425 g/mol. The lowest BCUT2D eigenvalue weighted by molar-refractivity contribution is 0.121. The molecule has 1 aromatic carbocycles. The molecule has 0 aliphatic carbocycles. The van der Waals surface area contributed by atoms with E-state index < -0.39 is 0 Å². The van der Waals surface area contributed by atoms with Crippen molar-refractivity contribution in [3.63, 3.8) is 0 Å². The van der Waals surface area contributed by atoms with Crippen molar-refractivity contribution in [3.05, 3.63) is 53.5 Å². The van der Waals surface area contributed by atoms with Crippen molar-refractivity contribution in [1.82, 2.24) is 15.3 Å². The van der Waals surface area contributed by atoms with Crippen LogP contribution in [0, 0.1) is 5.82 Å². The highest BCUT2D eigenvalue weighted by atomic mass is 19.1. The van der Waals surface area contributed by atoms with Crippen LogP contribution in [0.5, 0.6) is 0 Å². The first-order valence-electron chi connectivity index (χ1n) is 11.0. The van der Waals surface area contributed by atoms with E-state index in [-0.39, 0.29) is 11.9 Å². The zero-order chi connectivity index (χ0) is 21.0. The molecule has 2 aromatic rings. The zero-order valence-corrected chi connectivity index (χ0v) is 17.6. The summed E-state index contributed by atoms with van der Waals surface area (Å²) in [6.07, 6.45) is 3.01. The van der Waals surface area contributed by atoms with Gasteiger partial charge in [0.2, 0.25) is 5.95 Å². The third kappa shape index (κ3) is 4.42. The van der Waals surface area contributed by atoms with Gasteiger partial charge in [0.05, 0.1) is 32.5 Å². The standard InChI is InChI=1S/C23H28FN5O2/c24-20-21(19-16-18(6-7-25-19)17-4-2-1-3-5-17)26-23(29-10-14-31-15-11-29)27-22(20)28-8-12-30-13-9-28/h1-5,16,19,25H,6-15H2. The summed E-state index contributed by atoms with van der Waals surface area (Å²) in [5, 5.41) is 3.44. The maximum atomic E-state index is 15.8. The molecule has 0 saturated carbocycles. The minimum absolute atomic E-state index is 0.300. The normalized spacial score (nSPS) is 22.4. The molecule has 2 saturated heterocycles. The maximum Gasteiger partial charge on any atom is 0.227 e. The summed E-state index contributed by atoms with van der Waals surface area (Å²) in [5.41, 5.74) is 2.79. The molecule has 0 radical (unpaired) electrons. The van der Waals surface area contributed by atoms with Gasteiger partial charge >= 0.3 is 0 Å². The van der Waals surface area contributed by atoms with E-state index in [9.17, 15) is 0 Å². The molecule has 7 nitrogen and oxygen atoms in total. The van der Waals surface area contributed by atoms with Gasteiger partial charge in [0.25, 0.3) is 0 Å². The Kier molecular flexibility index (Phi) is 6.11. The fraction of sp³-hybridized carbons (Fsp3) is 0.478. The van der Waals surface area contributed by atoms with Crippen LogP contribution in [0.15, 0.2) is 36.4 Å². The lowest BCUT2D eigenvalue weighted by Gasteiger charge is -2.32. The third-order valence-electron chi connectivity index (χ3n) is 6.02. The largest absolute Gasteiger partial charge is 0.378 e. The Labute approximate surface area is 181 Å². The second-order valence-electron chi connectivity index (χ2n) is 7.99. The number of morpholine rings is 2. The quantitative estimate of drug-likeness (QED) is 0.807. The molecule has 1 aromatic heterocycles. The topological polar surface area (TPSA) is 62.8 Å². The predicted molar refractivity (Wildman–Crippen MR) is 118 cm³/mol. The van der Waals surface area contributed by atoms with Crippen molar-refractivity contribution in [3.8, 4) is 0 Å². The summed E-state index contributed by atoms with van der Waals surface area (Å²) in [7, 11) is 0. The van der Waals surface area contributed by atoms with E-state index in [0.29, 0.717) is 70.1 Å². The van der Waals surface area contributed by atoms with Gasteiger partial charge in [0, 0.05) is 32.7 Å². The van der Waals surface area contributed by atoms with Gasteiger partial charge in [-0.15, -0.1) is 0 Å². The first-order chi connectivity index (χ1) is 15.3. The molecule has 1 N–H and O–H groups in total. The number of anilines is 2. The van der Waals surface area contributed by atoms with Gasteiger partial charge in [-0.2, -0.15) is 4.98 Å². The van der Waals surface area contributed by atoms with Crippen LogP contribution in [-0.2, 0) is 9.47 Å². The van der Waals surface area contributed by atoms with Crippen molar-refractivity contribution in [2.45, 2.75) is 12.5 Å². The number of hydrogen-bond donors (Lipinski definition) is 1. The van der Waals surface area contributed by atoms with Crippen LogP contribution in [0.4, 0.5) is 16.2 Å². The smallest absolute Gasteiger partial charge is 0.227 e. The molecule has 1 atom stereocenters. The zero-order valence-electron chi connectivity index (χ0n) is 17.6. The van der Waals surface area contributed by atoms with E-state index >= 15 is 4.39 Å². The van der Waals surface area contributed by atoms with Crippen molar-refractivity contribution < 1.29 is 13.9 Å². The Morgan fingerprint density at radius 2 is 1.58 bits per heavy atom. The molecular weight excluding hydrogens is 397 g/mol. The summed E-state index contributed by atoms with van der Waals surface area (Å²) < 4.78 is 26.7. The molecule has 0 amide bonds. The maximum absolute atomic E-state index is 15.8. The van der Waals surface area contributed by atoms with Crippen molar-refractivity contribution in [2.24, 2.45) is 0 Å². The van der Waals surface area contributed by atoms with Crippen LogP contribution in [0.1, 0.15) is 23.7 Å². The molecular formula is C23H28FN5O2. The highest BCUT2D eigenvalue weighted by Crippen LogP contribution is 2.32. The molecule has 8 heteroatoms. The number of hydrogen-bond acceptors (Lipinski definition) is 7. The Balaban J connectivity index is 1.54. The Hall–Kier alpha value is -2.55. The summed E-state index contributed by atoms with van der Waals surface area (Å²) in [4.78, 5) is 13.4. The predicted octanol–water partition coefficient (Wildman–Crippen LogP) is 2.41. The number of nitrogens with zero attached hydrogens (tertiary/aromatic N) is 4. The first kappa shape index (κ1) is 20.4. The lowest BCUT2D eigenvalue weighted by atomic mass is 9.95. The van der Waals surface area contributed by atoms with E-state index in [2.05, 4.69) is 33.4 Å². The van der Waals surface area contributed by atoms with Gasteiger partial charge in [-0.25, -0.2) is 9.37 Å². The highest BCUT2D eigenvalue weighted by Gasteiger charge is 2.28. The molecule has 164 valence electrons. The Bertz CT molecular complexity index is 927. The highest BCUT2D eigenvalue weighted by molar-refractivity contribution is 5.67. The van der Waals surface area contributed by atoms with Gasteiger partial charge in [0.15, 0.2) is 11.6 Å². The summed E-state index contributed by atoms with van der Waals surface area (Å²) >= 11 is 0. The van der Waals surface area contributed by atoms with Gasteiger partial charge in [-0.1, -0.05) is 36.4 Å². The first-order valence-corrected chi connectivity index (χ1v) is 11.0. The second kappa shape index (κ2) is 9.30. The van der Waals surface area contributed by atoms with Crippen LogP contribution in [0.2, 0.25) is 0 Å². The second-order valence-corrected chi connectivity index (χ2v) is 7.99. The number of rotatable bonds is 4. The van der Waals surface area contributed by atoms with E-state index in [4.69, 9.17) is 14.5 Å². The molecule has 31 heavy (non-hydrogen) atoms. The molecule has 1 unspecified atom stereocenters. The Morgan fingerprint density at radius 1 is 0.903 bits per heavy atom. The van der Waals surface area contributed by atoms with Crippen LogP contribution < -0.4 is 15.1 Å². The van der Waals surface area contributed by atoms with Gasteiger partial charge in [-0.3, -0.25) is 0 Å². The van der Waals surface area contributed by atoms with E-state index in [0.717, 1.165) is 13.0 Å². The number of benzene rings is 1. The third-order valence-corrected chi connectivity index (χ3v) is 6.02. The average Bonchev–Trinajstić information content (AvgIpc) is 2.86. The summed E-state index contributed by atoms with van der Waals surface area (Å²) in [6, 6.07) is 9.98. The van der Waals surface area contributed by atoms with Crippen LogP contribution in [0.25, 0.3) is 5.57 Å². The van der Waals surface area contributed by atoms with E-state index in [1.54, 1.807) is 0 Å². The van der Waals surface area contributed by atoms with Crippen molar-refractivity contribution in [2.75, 3.05) is 69.0 Å². The number of halogens is 1. The number of aromatic nitrogens is 2. The fourth-order valence-corrected chi connectivity index (χ4v) is 4.31. The molecule has 4 heterocycles. The Morgan fingerprint density at radius 3 is 2.29 bits per heavy atom. The summed E-state index contributed by atoms with van der Waals surface area (Å²) in [5.74, 6) is 0.599. The molecule has 3 aliphatic heterocycles. The van der Waals surface area contributed by atoms with E-state index in [1.807, 2.05) is 23.1 Å². The minimum Gasteiger partial charge on any atom is -0.378 e. The van der Waals surface area contributed by atoms with Crippen LogP contribution in [0.3, 0.4) is 0 Å². The SMILES string of the molecule is Fc1c(C2C=C(c3ccccc3)CCN2)nc(N2CCOCC2)nc1N1CCOCC1. The molecule has 0 spiro atoms. The van der Waals surface area contributed by atoms with E-state index in [1.165, 1.54) is 11.1 Å². The average molecular weight is 426 g/mol. The number of ether oxygens (including phenoxy) is 2. The molecule has 5 rings (SSSR count).